The third-order valence-electron chi connectivity index (χ3n) is 4.35. The molecule has 0 saturated carbocycles. The lowest BCUT2D eigenvalue weighted by molar-refractivity contribution is 0.0954. The van der Waals surface area contributed by atoms with Gasteiger partial charge in [0.25, 0.3) is 11.8 Å². The third-order valence-corrected chi connectivity index (χ3v) is 4.35. The molecule has 3 aromatic carbocycles. The standard InChI is InChI=1S/C23H21FN2O3/c1-29-21-8-3-2-7-20(21)26-23(28)18-6-4-5-17(15-18)22(27)25-14-13-16-9-11-19(24)12-10-16/h2-12,15H,13-14H2,1H3,(H,25,27)(H,26,28). The van der Waals surface area contributed by atoms with Crippen LogP contribution in [0.3, 0.4) is 0 Å². The average molecular weight is 392 g/mol. The molecule has 0 saturated heterocycles. The number of anilines is 1. The number of ether oxygens (including phenoxy) is 1. The van der Waals surface area contributed by atoms with Gasteiger partial charge in [0.05, 0.1) is 12.8 Å². The van der Waals surface area contributed by atoms with Crippen LogP contribution in [0.1, 0.15) is 26.3 Å². The Morgan fingerprint density at radius 3 is 2.31 bits per heavy atom. The monoisotopic (exact) mass is 392 g/mol. The zero-order valence-electron chi connectivity index (χ0n) is 15.9. The number of carbonyl (C=O) groups excluding carboxylic acids is 2. The highest BCUT2D eigenvalue weighted by Crippen LogP contribution is 2.23. The molecule has 6 heteroatoms. The number of hydrogen-bond donors (Lipinski definition) is 2. The molecule has 2 N–H and O–H groups in total. The number of para-hydroxylation sites is 2. The molecule has 2 amide bonds. The highest BCUT2D eigenvalue weighted by atomic mass is 19.1. The molecule has 29 heavy (non-hydrogen) atoms. The van der Waals surface area contributed by atoms with Crippen molar-refractivity contribution in [3.63, 3.8) is 0 Å². The van der Waals surface area contributed by atoms with Gasteiger partial charge >= 0.3 is 0 Å². The van der Waals surface area contributed by atoms with E-state index in [2.05, 4.69) is 10.6 Å². The Morgan fingerprint density at radius 2 is 1.59 bits per heavy atom. The van der Waals surface area contributed by atoms with Crippen molar-refractivity contribution in [1.82, 2.24) is 5.32 Å². The van der Waals surface area contributed by atoms with Crippen LogP contribution in [0.25, 0.3) is 0 Å². The van der Waals surface area contributed by atoms with E-state index in [1.165, 1.54) is 25.3 Å². The van der Waals surface area contributed by atoms with Crippen LogP contribution in [0, 0.1) is 5.82 Å². The molecule has 0 unspecified atom stereocenters. The van der Waals surface area contributed by atoms with Crippen molar-refractivity contribution in [3.05, 3.63) is 95.3 Å². The number of carbonyl (C=O) groups is 2. The SMILES string of the molecule is COc1ccccc1NC(=O)c1cccc(C(=O)NCCc2ccc(F)cc2)c1. The summed E-state index contributed by atoms with van der Waals surface area (Å²) in [5.74, 6) is -0.356. The second-order valence-electron chi connectivity index (χ2n) is 6.37. The first-order chi connectivity index (χ1) is 14.1. The molecule has 0 aromatic heterocycles. The normalized spacial score (nSPS) is 10.3. The van der Waals surface area contributed by atoms with E-state index in [0.717, 1.165) is 5.56 Å². The topological polar surface area (TPSA) is 67.4 Å². The van der Waals surface area contributed by atoms with E-state index in [1.807, 2.05) is 6.07 Å². The van der Waals surface area contributed by atoms with Crippen LogP contribution in [0.2, 0.25) is 0 Å². The third kappa shape index (κ3) is 5.42. The largest absolute Gasteiger partial charge is 0.495 e. The summed E-state index contributed by atoms with van der Waals surface area (Å²) in [6, 6.07) is 19.7. The molecule has 0 aliphatic rings. The fraction of sp³-hybridized carbons (Fsp3) is 0.130. The molecule has 0 spiro atoms. The Balaban J connectivity index is 1.61. The predicted molar refractivity (Wildman–Crippen MR) is 110 cm³/mol. The smallest absolute Gasteiger partial charge is 0.255 e. The summed E-state index contributed by atoms with van der Waals surface area (Å²) in [7, 11) is 1.53. The molecule has 148 valence electrons. The number of halogens is 1. The van der Waals surface area contributed by atoms with Crippen LogP contribution < -0.4 is 15.4 Å². The first-order valence-electron chi connectivity index (χ1n) is 9.14. The number of nitrogens with one attached hydrogen (secondary N) is 2. The maximum Gasteiger partial charge on any atom is 0.255 e. The molecule has 0 heterocycles. The molecular formula is C23H21FN2O3. The Morgan fingerprint density at radius 1 is 0.897 bits per heavy atom. The Kier molecular flexibility index (Phi) is 6.58. The summed E-state index contributed by atoms with van der Waals surface area (Å²) >= 11 is 0. The molecule has 5 nitrogen and oxygen atoms in total. The van der Waals surface area contributed by atoms with Crippen LogP contribution >= 0.6 is 0 Å². The maximum absolute atomic E-state index is 12.9. The van der Waals surface area contributed by atoms with Gasteiger partial charge in [0.2, 0.25) is 0 Å². The van der Waals surface area contributed by atoms with Crippen molar-refractivity contribution in [2.45, 2.75) is 6.42 Å². The van der Waals surface area contributed by atoms with Crippen LogP contribution in [0.4, 0.5) is 10.1 Å². The van der Waals surface area contributed by atoms with Crippen LogP contribution in [-0.2, 0) is 6.42 Å². The minimum Gasteiger partial charge on any atom is -0.495 e. The van der Waals surface area contributed by atoms with Crippen molar-refractivity contribution in [3.8, 4) is 5.75 Å². The van der Waals surface area contributed by atoms with E-state index in [9.17, 15) is 14.0 Å². The Labute approximate surface area is 168 Å². The number of benzene rings is 3. The van der Waals surface area contributed by atoms with Gasteiger partial charge in [-0.1, -0.05) is 30.3 Å². The number of hydrogen-bond acceptors (Lipinski definition) is 3. The van der Waals surface area contributed by atoms with Gasteiger partial charge in [0.1, 0.15) is 11.6 Å². The van der Waals surface area contributed by atoms with Crippen molar-refractivity contribution < 1.29 is 18.7 Å². The molecule has 0 aliphatic carbocycles. The lowest BCUT2D eigenvalue weighted by atomic mass is 10.1. The van der Waals surface area contributed by atoms with Crippen molar-refractivity contribution in [1.29, 1.82) is 0 Å². The second kappa shape index (κ2) is 9.50. The summed E-state index contributed by atoms with van der Waals surface area (Å²) in [6.45, 7) is 0.405. The van der Waals surface area contributed by atoms with E-state index in [0.29, 0.717) is 35.5 Å². The van der Waals surface area contributed by atoms with Crippen molar-refractivity contribution in [2.75, 3.05) is 19.0 Å². The second-order valence-corrected chi connectivity index (χ2v) is 6.37. The fourth-order valence-electron chi connectivity index (χ4n) is 2.82. The van der Waals surface area contributed by atoms with E-state index >= 15 is 0 Å². The highest BCUT2D eigenvalue weighted by molar-refractivity contribution is 6.06. The molecule has 0 fully saturated rings. The zero-order valence-corrected chi connectivity index (χ0v) is 15.9. The van der Waals surface area contributed by atoms with Crippen LogP contribution in [0.15, 0.2) is 72.8 Å². The summed E-state index contributed by atoms with van der Waals surface area (Å²) in [5, 5.41) is 5.60. The average Bonchev–Trinajstić information content (AvgIpc) is 2.75. The van der Waals surface area contributed by atoms with Gasteiger partial charge in [-0.3, -0.25) is 9.59 Å². The minimum absolute atomic E-state index is 0.279. The Bertz CT molecular complexity index is 1000. The summed E-state index contributed by atoms with van der Waals surface area (Å²) in [4.78, 5) is 25.0. The molecule has 3 rings (SSSR count). The Hall–Kier alpha value is -3.67. The van der Waals surface area contributed by atoms with E-state index in [-0.39, 0.29) is 17.6 Å². The number of rotatable bonds is 7. The van der Waals surface area contributed by atoms with Gasteiger partial charge in [-0.2, -0.15) is 0 Å². The maximum atomic E-state index is 12.9. The van der Waals surface area contributed by atoms with Gasteiger partial charge in [-0.15, -0.1) is 0 Å². The quantitative estimate of drug-likeness (QED) is 0.637. The van der Waals surface area contributed by atoms with Gasteiger partial charge in [0.15, 0.2) is 0 Å². The highest BCUT2D eigenvalue weighted by Gasteiger charge is 2.12. The molecule has 0 bridgehead atoms. The lowest BCUT2D eigenvalue weighted by Crippen LogP contribution is -2.26. The van der Waals surface area contributed by atoms with Gasteiger partial charge in [-0.25, -0.2) is 4.39 Å². The van der Waals surface area contributed by atoms with Crippen molar-refractivity contribution >= 4 is 17.5 Å². The van der Waals surface area contributed by atoms with E-state index in [1.54, 1.807) is 48.5 Å². The number of methoxy groups -OCH3 is 1. The summed E-state index contributed by atoms with van der Waals surface area (Å²) in [5.41, 5.74) is 2.23. The first-order valence-corrected chi connectivity index (χ1v) is 9.14. The van der Waals surface area contributed by atoms with E-state index in [4.69, 9.17) is 4.74 Å². The van der Waals surface area contributed by atoms with Gasteiger partial charge < -0.3 is 15.4 Å². The summed E-state index contributed by atoms with van der Waals surface area (Å²) in [6.07, 6.45) is 0.583. The molecule has 0 radical (unpaired) electrons. The number of amides is 2. The minimum atomic E-state index is -0.338. The molecular weight excluding hydrogens is 371 g/mol. The first kappa shape index (κ1) is 20.1. The predicted octanol–water partition coefficient (Wildman–Crippen LogP) is 4.06. The van der Waals surface area contributed by atoms with Crippen molar-refractivity contribution in [2.24, 2.45) is 0 Å². The van der Waals surface area contributed by atoms with E-state index < -0.39 is 0 Å². The lowest BCUT2D eigenvalue weighted by Gasteiger charge is -2.11. The van der Waals surface area contributed by atoms with Crippen LogP contribution in [-0.4, -0.2) is 25.5 Å². The van der Waals surface area contributed by atoms with Crippen LogP contribution in [0.5, 0.6) is 5.75 Å². The zero-order chi connectivity index (χ0) is 20.6. The molecule has 0 aliphatic heterocycles. The molecule has 0 atom stereocenters. The van der Waals surface area contributed by atoms with Gasteiger partial charge in [-0.05, 0) is 54.4 Å². The van der Waals surface area contributed by atoms with Gasteiger partial charge in [0, 0.05) is 17.7 Å². The molecule has 3 aromatic rings. The summed E-state index contributed by atoms with van der Waals surface area (Å²) < 4.78 is 18.2. The fourth-order valence-corrected chi connectivity index (χ4v) is 2.82.